The minimum Gasteiger partial charge on any atom is -0.389 e. The minimum absolute atomic E-state index is 0.348. The highest BCUT2D eigenvalue weighted by molar-refractivity contribution is 5.49. The van der Waals surface area contributed by atoms with Gasteiger partial charge in [-0.25, -0.2) is 0 Å². The fourth-order valence-electron chi connectivity index (χ4n) is 1.34. The van der Waals surface area contributed by atoms with Gasteiger partial charge >= 0.3 is 0 Å². The Balaban J connectivity index is 2.47. The van der Waals surface area contributed by atoms with Gasteiger partial charge in [0.05, 0.1) is 6.10 Å². The summed E-state index contributed by atoms with van der Waals surface area (Å²) in [5, 5.41) is 9.68. The van der Waals surface area contributed by atoms with Gasteiger partial charge in [0.25, 0.3) is 0 Å². The van der Waals surface area contributed by atoms with Gasteiger partial charge in [-0.15, -0.1) is 6.58 Å². The first kappa shape index (κ1) is 11.7. The molecule has 80 valence electrons. The first-order chi connectivity index (χ1) is 7.22. The van der Waals surface area contributed by atoms with Crippen molar-refractivity contribution in [2.75, 3.05) is 0 Å². The van der Waals surface area contributed by atoms with Crippen molar-refractivity contribution in [3.63, 3.8) is 0 Å². The largest absolute Gasteiger partial charge is 0.389 e. The number of aliphatic hydroxyl groups excluding tert-OH is 1. The van der Waals surface area contributed by atoms with Crippen LogP contribution in [0.25, 0.3) is 6.08 Å². The van der Waals surface area contributed by atoms with Crippen LogP contribution in [0.2, 0.25) is 0 Å². The lowest BCUT2D eigenvalue weighted by molar-refractivity contribution is 0.201. The molecule has 0 aliphatic rings. The summed E-state index contributed by atoms with van der Waals surface area (Å²) in [5.41, 5.74) is 1.11. The summed E-state index contributed by atoms with van der Waals surface area (Å²) in [7, 11) is 0. The summed E-state index contributed by atoms with van der Waals surface area (Å²) in [6.07, 6.45) is 5.97. The molecule has 0 unspecified atom stereocenters. The maximum Gasteiger partial charge on any atom is 0.0729 e. The zero-order chi connectivity index (χ0) is 11.1. The Hall–Kier alpha value is -1.34. The molecule has 0 amide bonds. The predicted octanol–water partition coefficient (Wildman–Crippen LogP) is 3.27. The van der Waals surface area contributed by atoms with Crippen LogP contribution in [0.3, 0.4) is 0 Å². The van der Waals surface area contributed by atoms with Gasteiger partial charge in [0, 0.05) is 0 Å². The molecule has 0 heterocycles. The highest BCUT2D eigenvalue weighted by Crippen LogP contribution is 2.09. The third kappa shape index (κ3) is 4.61. The van der Waals surface area contributed by atoms with Crippen LogP contribution in [-0.2, 0) is 0 Å². The fraction of sp³-hybridized carbons (Fsp3) is 0.286. The van der Waals surface area contributed by atoms with E-state index in [-0.39, 0.29) is 0 Å². The number of aliphatic hydroxyl groups is 1. The monoisotopic (exact) mass is 202 g/mol. The minimum atomic E-state index is -0.391. The van der Waals surface area contributed by atoms with Crippen molar-refractivity contribution in [3.8, 4) is 0 Å². The summed E-state index contributed by atoms with van der Waals surface area (Å²) in [5.74, 6) is 0.348. The second kappa shape index (κ2) is 6.20. The van der Waals surface area contributed by atoms with Crippen molar-refractivity contribution in [3.05, 3.63) is 54.6 Å². The van der Waals surface area contributed by atoms with E-state index in [0.29, 0.717) is 5.92 Å². The van der Waals surface area contributed by atoms with E-state index < -0.39 is 6.10 Å². The molecule has 0 saturated carbocycles. The number of hydrogen-bond acceptors (Lipinski definition) is 1. The van der Waals surface area contributed by atoms with E-state index in [2.05, 4.69) is 6.58 Å². The van der Waals surface area contributed by atoms with Gasteiger partial charge in [-0.3, -0.25) is 0 Å². The average molecular weight is 202 g/mol. The summed E-state index contributed by atoms with van der Waals surface area (Å²) < 4.78 is 0. The quantitative estimate of drug-likeness (QED) is 0.726. The molecule has 1 nitrogen and oxygen atoms in total. The lowest BCUT2D eigenvalue weighted by atomic mass is 10.0. The van der Waals surface area contributed by atoms with Crippen LogP contribution < -0.4 is 0 Å². The highest BCUT2D eigenvalue weighted by atomic mass is 16.3. The van der Waals surface area contributed by atoms with Gasteiger partial charge in [-0.05, 0) is 17.9 Å². The maximum absolute atomic E-state index is 9.68. The molecule has 1 N–H and O–H groups in total. The second-order valence-electron chi connectivity index (χ2n) is 3.79. The van der Waals surface area contributed by atoms with Crippen molar-refractivity contribution < 1.29 is 5.11 Å². The topological polar surface area (TPSA) is 20.2 Å². The Kier molecular flexibility index (Phi) is 4.85. The van der Waals surface area contributed by atoms with Crippen molar-refractivity contribution in [2.45, 2.75) is 19.4 Å². The van der Waals surface area contributed by atoms with E-state index >= 15 is 0 Å². The Labute approximate surface area is 91.8 Å². The van der Waals surface area contributed by atoms with Crippen LogP contribution in [0.4, 0.5) is 0 Å². The van der Waals surface area contributed by atoms with Crippen molar-refractivity contribution in [1.82, 2.24) is 0 Å². The van der Waals surface area contributed by atoms with Gasteiger partial charge in [0.2, 0.25) is 0 Å². The fourth-order valence-corrected chi connectivity index (χ4v) is 1.34. The second-order valence-corrected chi connectivity index (χ2v) is 3.79. The van der Waals surface area contributed by atoms with Crippen LogP contribution in [-0.4, -0.2) is 11.2 Å². The average Bonchev–Trinajstić information content (AvgIpc) is 2.27. The van der Waals surface area contributed by atoms with E-state index in [1.165, 1.54) is 0 Å². The molecule has 0 fully saturated rings. The molecule has 2 atom stereocenters. The third-order valence-electron chi connectivity index (χ3n) is 2.33. The Morgan fingerprint density at radius 3 is 2.60 bits per heavy atom. The molecule has 0 radical (unpaired) electrons. The molecule has 0 bridgehead atoms. The molecule has 0 aliphatic heterocycles. The molecule has 15 heavy (non-hydrogen) atoms. The number of allylic oxidation sites excluding steroid dienone is 1. The molecule has 0 saturated heterocycles. The highest BCUT2D eigenvalue weighted by Gasteiger charge is 2.03. The van der Waals surface area contributed by atoms with E-state index in [0.717, 1.165) is 12.0 Å². The summed E-state index contributed by atoms with van der Waals surface area (Å²) in [4.78, 5) is 0. The Bertz CT molecular complexity index is 313. The van der Waals surface area contributed by atoms with Gasteiger partial charge in [0.15, 0.2) is 0 Å². The Morgan fingerprint density at radius 1 is 1.33 bits per heavy atom. The molecule has 0 aromatic heterocycles. The van der Waals surface area contributed by atoms with E-state index in [1.54, 1.807) is 0 Å². The number of hydrogen-bond donors (Lipinski definition) is 1. The molecule has 0 aliphatic carbocycles. The van der Waals surface area contributed by atoms with Gasteiger partial charge in [-0.2, -0.15) is 0 Å². The summed E-state index contributed by atoms with van der Waals surface area (Å²) in [6.45, 7) is 5.74. The van der Waals surface area contributed by atoms with E-state index in [4.69, 9.17) is 0 Å². The first-order valence-electron chi connectivity index (χ1n) is 5.26. The van der Waals surface area contributed by atoms with Gasteiger partial charge < -0.3 is 5.11 Å². The Morgan fingerprint density at radius 2 is 2.00 bits per heavy atom. The normalized spacial score (nSPS) is 15.1. The van der Waals surface area contributed by atoms with Crippen molar-refractivity contribution >= 4 is 6.08 Å². The van der Waals surface area contributed by atoms with Crippen molar-refractivity contribution in [2.24, 2.45) is 5.92 Å². The van der Waals surface area contributed by atoms with Gasteiger partial charge in [-0.1, -0.05) is 55.5 Å². The molecule has 1 aromatic carbocycles. The third-order valence-corrected chi connectivity index (χ3v) is 2.33. The zero-order valence-electron chi connectivity index (χ0n) is 9.13. The van der Waals surface area contributed by atoms with Crippen molar-refractivity contribution in [1.29, 1.82) is 0 Å². The standard InChI is InChI=1S/C14H18O/c1-3-12(2)11-14(15)10-9-13-7-5-4-6-8-13/h3-10,12,14-15H,1,11H2,2H3/b10-9+/t12-,14-/m0/s1. The lowest BCUT2D eigenvalue weighted by Gasteiger charge is -2.08. The smallest absolute Gasteiger partial charge is 0.0729 e. The first-order valence-corrected chi connectivity index (χ1v) is 5.26. The molecule has 0 spiro atoms. The number of rotatable bonds is 5. The lowest BCUT2D eigenvalue weighted by Crippen LogP contribution is -2.06. The van der Waals surface area contributed by atoms with Crippen LogP contribution in [0, 0.1) is 5.92 Å². The van der Waals surface area contributed by atoms with Crippen LogP contribution in [0.1, 0.15) is 18.9 Å². The van der Waals surface area contributed by atoms with Crippen LogP contribution in [0.15, 0.2) is 49.1 Å². The molecular weight excluding hydrogens is 184 g/mol. The molecule has 1 aromatic rings. The summed E-state index contributed by atoms with van der Waals surface area (Å²) >= 11 is 0. The van der Waals surface area contributed by atoms with Crippen LogP contribution in [0.5, 0.6) is 0 Å². The summed E-state index contributed by atoms with van der Waals surface area (Å²) in [6, 6.07) is 9.98. The maximum atomic E-state index is 9.68. The predicted molar refractivity (Wildman–Crippen MR) is 65.5 cm³/mol. The van der Waals surface area contributed by atoms with Gasteiger partial charge in [0.1, 0.15) is 0 Å². The molecule has 1 heteroatoms. The van der Waals surface area contributed by atoms with E-state index in [9.17, 15) is 5.11 Å². The van der Waals surface area contributed by atoms with Crippen LogP contribution >= 0.6 is 0 Å². The zero-order valence-corrected chi connectivity index (χ0v) is 9.13. The molecule has 1 rings (SSSR count). The number of benzene rings is 1. The molecular formula is C14H18O. The SMILES string of the molecule is C=C[C@H](C)C[C@@H](O)/C=C/c1ccccc1. The van der Waals surface area contributed by atoms with E-state index in [1.807, 2.05) is 55.5 Å².